The lowest BCUT2D eigenvalue weighted by Gasteiger charge is -2.22. The molecule has 0 unspecified atom stereocenters. The fourth-order valence-corrected chi connectivity index (χ4v) is 5.10. The van der Waals surface area contributed by atoms with Crippen LogP contribution in [0.4, 0.5) is 0 Å². The summed E-state index contributed by atoms with van der Waals surface area (Å²) < 4.78 is 29.3. The second kappa shape index (κ2) is 8.97. The molecular weight excluding hydrogens is 406 g/mol. The highest BCUT2D eigenvalue weighted by atomic mass is 32.2. The standard InChI is InChI=1S/C20H27N5O4S/c1-4-10-23(11-5-2)20(27)19-16-12-24(13-18(26)21-3)30(28,29)17-9-7-6-8-15(17)25(16)14-22-19/h6-9,14H,4-5,10-13H2,1-3H3,(H,21,26). The van der Waals surface area contributed by atoms with Crippen LogP contribution in [0.5, 0.6) is 0 Å². The van der Waals surface area contributed by atoms with E-state index in [0.29, 0.717) is 24.5 Å². The van der Waals surface area contributed by atoms with E-state index >= 15 is 0 Å². The van der Waals surface area contributed by atoms with Crippen molar-refractivity contribution in [1.82, 2.24) is 24.1 Å². The van der Waals surface area contributed by atoms with E-state index in [1.807, 2.05) is 13.8 Å². The number of benzene rings is 1. The molecule has 162 valence electrons. The van der Waals surface area contributed by atoms with Crippen molar-refractivity contribution >= 4 is 21.8 Å². The molecule has 2 aromatic rings. The van der Waals surface area contributed by atoms with E-state index in [1.165, 1.54) is 19.4 Å². The highest BCUT2D eigenvalue weighted by molar-refractivity contribution is 7.89. The first kappa shape index (κ1) is 22.0. The van der Waals surface area contributed by atoms with E-state index in [1.54, 1.807) is 27.7 Å². The Morgan fingerprint density at radius 1 is 1.17 bits per heavy atom. The third-order valence-corrected chi connectivity index (χ3v) is 6.85. The molecule has 0 aliphatic carbocycles. The number of carbonyl (C=O) groups is 2. The zero-order valence-corrected chi connectivity index (χ0v) is 18.3. The van der Waals surface area contributed by atoms with Gasteiger partial charge in [0.2, 0.25) is 15.9 Å². The smallest absolute Gasteiger partial charge is 0.274 e. The molecule has 1 N–H and O–H groups in total. The molecular formula is C20H27N5O4S. The van der Waals surface area contributed by atoms with Crippen LogP contribution in [0.3, 0.4) is 0 Å². The Labute approximate surface area is 176 Å². The van der Waals surface area contributed by atoms with Gasteiger partial charge in [0.15, 0.2) is 5.69 Å². The lowest BCUT2D eigenvalue weighted by atomic mass is 10.2. The van der Waals surface area contributed by atoms with Crippen LogP contribution in [0.25, 0.3) is 5.69 Å². The number of likely N-dealkylation sites (N-methyl/N-ethyl adjacent to an activating group) is 1. The predicted molar refractivity (Wildman–Crippen MR) is 112 cm³/mol. The molecule has 0 bridgehead atoms. The molecule has 0 fully saturated rings. The number of hydrogen-bond donors (Lipinski definition) is 1. The minimum Gasteiger partial charge on any atom is -0.358 e. The van der Waals surface area contributed by atoms with Gasteiger partial charge in [-0.2, -0.15) is 4.31 Å². The molecule has 0 radical (unpaired) electrons. The summed E-state index contributed by atoms with van der Waals surface area (Å²) in [5.41, 5.74) is 1.08. The summed E-state index contributed by atoms with van der Waals surface area (Å²) in [7, 11) is -2.49. The van der Waals surface area contributed by atoms with Crippen molar-refractivity contribution in [2.24, 2.45) is 0 Å². The van der Waals surface area contributed by atoms with Gasteiger partial charge in [-0.15, -0.1) is 0 Å². The maximum Gasteiger partial charge on any atom is 0.274 e. The van der Waals surface area contributed by atoms with Crippen molar-refractivity contribution in [2.45, 2.75) is 38.1 Å². The molecule has 3 rings (SSSR count). The number of imidazole rings is 1. The minimum atomic E-state index is -3.95. The van der Waals surface area contributed by atoms with Gasteiger partial charge in [0, 0.05) is 20.1 Å². The van der Waals surface area contributed by atoms with Crippen LogP contribution < -0.4 is 5.32 Å². The monoisotopic (exact) mass is 433 g/mol. The third-order valence-electron chi connectivity index (χ3n) is 5.01. The second-order valence-electron chi connectivity index (χ2n) is 7.12. The van der Waals surface area contributed by atoms with Crippen molar-refractivity contribution in [1.29, 1.82) is 0 Å². The molecule has 0 saturated carbocycles. The number of amides is 2. The fraction of sp³-hybridized carbons (Fsp3) is 0.450. The van der Waals surface area contributed by atoms with Gasteiger partial charge in [-0.1, -0.05) is 26.0 Å². The molecule has 0 spiro atoms. The van der Waals surface area contributed by atoms with Crippen molar-refractivity contribution in [3.05, 3.63) is 42.0 Å². The van der Waals surface area contributed by atoms with Crippen LogP contribution in [-0.2, 0) is 21.4 Å². The minimum absolute atomic E-state index is 0.0722. The summed E-state index contributed by atoms with van der Waals surface area (Å²) in [6.45, 7) is 4.71. The Kier molecular flexibility index (Phi) is 6.57. The number of aromatic nitrogens is 2. The molecule has 1 aliphatic rings. The molecule has 2 heterocycles. The average molecular weight is 434 g/mol. The summed E-state index contributed by atoms with van der Waals surface area (Å²) in [4.78, 5) is 31.4. The van der Waals surface area contributed by atoms with Gasteiger partial charge in [-0.05, 0) is 25.0 Å². The maximum absolute atomic E-state index is 13.3. The number of sulfonamides is 1. The highest BCUT2D eigenvalue weighted by Gasteiger charge is 2.36. The van der Waals surface area contributed by atoms with Crippen LogP contribution in [0.2, 0.25) is 0 Å². The van der Waals surface area contributed by atoms with Crippen molar-refractivity contribution in [3.63, 3.8) is 0 Å². The van der Waals surface area contributed by atoms with E-state index in [9.17, 15) is 18.0 Å². The van der Waals surface area contributed by atoms with Gasteiger partial charge >= 0.3 is 0 Å². The number of nitrogens with one attached hydrogen (secondary N) is 1. The van der Waals surface area contributed by atoms with Crippen molar-refractivity contribution in [3.8, 4) is 5.69 Å². The Morgan fingerprint density at radius 2 is 1.83 bits per heavy atom. The van der Waals surface area contributed by atoms with Gasteiger partial charge < -0.3 is 10.2 Å². The number of carbonyl (C=O) groups excluding carboxylic acids is 2. The largest absolute Gasteiger partial charge is 0.358 e. The predicted octanol–water partition coefficient (Wildman–Crippen LogP) is 1.38. The number of rotatable bonds is 7. The first-order valence-electron chi connectivity index (χ1n) is 10.0. The number of para-hydroxylation sites is 1. The number of fused-ring (bicyclic) bond motifs is 3. The SMILES string of the molecule is CCCN(CCC)C(=O)c1ncn2c1CN(CC(=O)NC)S(=O)(=O)c1ccccc1-2. The average Bonchev–Trinajstić information content (AvgIpc) is 3.12. The molecule has 10 heteroatoms. The molecule has 30 heavy (non-hydrogen) atoms. The van der Waals surface area contributed by atoms with Crippen LogP contribution >= 0.6 is 0 Å². The second-order valence-corrected chi connectivity index (χ2v) is 9.02. The van der Waals surface area contributed by atoms with Crippen molar-refractivity contribution in [2.75, 3.05) is 26.7 Å². The van der Waals surface area contributed by atoms with Crippen LogP contribution in [0.15, 0.2) is 35.5 Å². The summed E-state index contributed by atoms with van der Waals surface area (Å²) in [6, 6.07) is 6.53. The molecule has 1 aromatic heterocycles. The summed E-state index contributed by atoms with van der Waals surface area (Å²) in [5, 5.41) is 2.46. The third kappa shape index (κ3) is 3.97. The van der Waals surface area contributed by atoms with Gasteiger partial charge in [-0.25, -0.2) is 13.4 Å². The van der Waals surface area contributed by atoms with E-state index in [0.717, 1.165) is 17.1 Å². The maximum atomic E-state index is 13.3. The topological polar surface area (TPSA) is 105 Å². The Morgan fingerprint density at radius 3 is 2.47 bits per heavy atom. The van der Waals surface area contributed by atoms with Gasteiger partial charge in [0.1, 0.15) is 11.2 Å². The summed E-state index contributed by atoms with van der Waals surface area (Å²) in [6.07, 6.45) is 3.10. The van der Waals surface area contributed by atoms with E-state index in [2.05, 4.69) is 10.3 Å². The summed E-state index contributed by atoms with van der Waals surface area (Å²) >= 11 is 0. The number of nitrogens with zero attached hydrogens (tertiary/aromatic N) is 4. The molecule has 1 aromatic carbocycles. The van der Waals surface area contributed by atoms with E-state index in [-0.39, 0.29) is 29.6 Å². The zero-order valence-electron chi connectivity index (χ0n) is 17.5. The first-order chi connectivity index (χ1) is 14.3. The highest BCUT2D eigenvalue weighted by Crippen LogP contribution is 2.31. The Balaban J connectivity index is 2.15. The first-order valence-corrected chi connectivity index (χ1v) is 11.4. The fourth-order valence-electron chi connectivity index (χ4n) is 3.56. The van der Waals surface area contributed by atoms with Gasteiger partial charge in [0.05, 0.1) is 24.5 Å². The van der Waals surface area contributed by atoms with E-state index in [4.69, 9.17) is 0 Å². The lowest BCUT2D eigenvalue weighted by molar-refractivity contribution is -0.120. The van der Waals surface area contributed by atoms with E-state index < -0.39 is 15.9 Å². The van der Waals surface area contributed by atoms with Crippen LogP contribution in [-0.4, -0.2) is 65.7 Å². The zero-order chi connectivity index (χ0) is 21.9. The molecule has 9 nitrogen and oxygen atoms in total. The molecule has 2 amide bonds. The van der Waals surface area contributed by atoms with Gasteiger partial charge in [0.25, 0.3) is 5.91 Å². The lowest BCUT2D eigenvalue weighted by Crippen LogP contribution is -2.39. The Bertz CT molecular complexity index is 1040. The Hall–Kier alpha value is -2.72. The van der Waals surface area contributed by atoms with Gasteiger partial charge in [-0.3, -0.25) is 14.2 Å². The normalized spacial score (nSPS) is 15.0. The summed E-state index contributed by atoms with van der Waals surface area (Å²) in [5.74, 6) is -0.667. The molecule has 1 aliphatic heterocycles. The van der Waals surface area contributed by atoms with Crippen LogP contribution in [0.1, 0.15) is 42.9 Å². The van der Waals surface area contributed by atoms with Crippen LogP contribution in [0, 0.1) is 0 Å². The van der Waals surface area contributed by atoms with Crippen molar-refractivity contribution < 1.29 is 18.0 Å². The molecule has 0 saturated heterocycles. The molecule has 0 atom stereocenters. The number of hydrogen-bond acceptors (Lipinski definition) is 5. The quantitative estimate of drug-likeness (QED) is 0.710.